The van der Waals surface area contributed by atoms with E-state index in [9.17, 15) is 4.79 Å². The summed E-state index contributed by atoms with van der Waals surface area (Å²) in [6.07, 6.45) is 1.68. The van der Waals surface area contributed by atoms with Crippen LogP contribution in [0.4, 0.5) is 0 Å². The van der Waals surface area contributed by atoms with E-state index in [0.29, 0.717) is 12.5 Å². The van der Waals surface area contributed by atoms with Gasteiger partial charge in [-0.2, -0.15) is 0 Å². The quantitative estimate of drug-likeness (QED) is 0.554. The highest BCUT2D eigenvalue weighted by atomic mass is 16.2. The third-order valence-electron chi connectivity index (χ3n) is 2.11. The normalized spacial score (nSPS) is 12.9. The molecule has 0 saturated heterocycles. The van der Waals surface area contributed by atoms with E-state index in [1.54, 1.807) is 0 Å². The Morgan fingerprint density at radius 1 is 1.33 bits per heavy atom. The van der Waals surface area contributed by atoms with Crippen LogP contribution in [0.2, 0.25) is 0 Å². The van der Waals surface area contributed by atoms with Crippen molar-refractivity contribution in [1.29, 1.82) is 0 Å². The van der Waals surface area contributed by atoms with Crippen LogP contribution < -0.4 is 10.6 Å². The van der Waals surface area contributed by atoms with Gasteiger partial charge in [0.1, 0.15) is 0 Å². The van der Waals surface area contributed by atoms with E-state index in [4.69, 9.17) is 5.11 Å². The van der Waals surface area contributed by atoms with E-state index < -0.39 is 0 Å². The number of aliphatic hydroxyl groups excluding tert-OH is 1. The Morgan fingerprint density at radius 3 is 2.53 bits per heavy atom. The maximum Gasteiger partial charge on any atom is 0.233 e. The van der Waals surface area contributed by atoms with Gasteiger partial charge in [0.15, 0.2) is 0 Å². The summed E-state index contributed by atoms with van der Waals surface area (Å²) in [7, 11) is 0. The summed E-state index contributed by atoms with van der Waals surface area (Å²) >= 11 is 0. The van der Waals surface area contributed by atoms with Crippen LogP contribution >= 0.6 is 0 Å². The van der Waals surface area contributed by atoms with Gasteiger partial charge in [-0.1, -0.05) is 13.8 Å². The van der Waals surface area contributed by atoms with Crippen LogP contribution in [0.1, 0.15) is 33.6 Å². The first-order valence-electron chi connectivity index (χ1n) is 5.67. The van der Waals surface area contributed by atoms with Crippen LogP contribution in [0.5, 0.6) is 0 Å². The fourth-order valence-corrected chi connectivity index (χ4v) is 1.15. The molecular weight excluding hydrogens is 192 g/mol. The molecule has 1 amide bonds. The number of nitrogens with one attached hydrogen (secondary N) is 2. The van der Waals surface area contributed by atoms with Gasteiger partial charge in [-0.05, 0) is 25.7 Å². The zero-order valence-corrected chi connectivity index (χ0v) is 10.0. The number of carbonyl (C=O) groups is 1. The van der Waals surface area contributed by atoms with Gasteiger partial charge in [-0.15, -0.1) is 0 Å². The van der Waals surface area contributed by atoms with Gasteiger partial charge < -0.3 is 15.7 Å². The Kier molecular flexibility index (Phi) is 8.33. The predicted molar refractivity (Wildman–Crippen MR) is 61.6 cm³/mol. The Bertz CT molecular complexity index is 172. The van der Waals surface area contributed by atoms with Crippen molar-refractivity contribution in [2.24, 2.45) is 5.92 Å². The average molecular weight is 216 g/mol. The Hall–Kier alpha value is -0.610. The van der Waals surface area contributed by atoms with Crippen molar-refractivity contribution in [1.82, 2.24) is 10.6 Å². The molecule has 3 N–H and O–H groups in total. The molecule has 0 spiro atoms. The predicted octanol–water partition coefficient (Wildman–Crippen LogP) is 0.509. The third-order valence-corrected chi connectivity index (χ3v) is 2.11. The van der Waals surface area contributed by atoms with E-state index in [2.05, 4.69) is 24.5 Å². The van der Waals surface area contributed by atoms with Gasteiger partial charge in [-0.25, -0.2) is 0 Å². The van der Waals surface area contributed by atoms with Crippen molar-refractivity contribution in [2.75, 3.05) is 19.7 Å². The van der Waals surface area contributed by atoms with Gasteiger partial charge in [0, 0.05) is 19.2 Å². The molecule has 4 nitrogen and oxygen atoms in total. The van der Waals surface area contributed by atoms with E-state index in [1.165, 1.54) is 0 Å². The Labute approximate surface area is 92.4 Å². The summed E-state index contributed by atoms with van der Waals surface area (Å²) in [5, 5.41) is 14.6. The second kappa shape index (κ2) is 8.68. The minimum absolute atomic E-state index is 0.0412. The second-order valence-electron chi connectivity index (χ2n) is 4.35. The summed E-state index contributed by atoms with van der Waals surface area (Å²) in [4.78, 5) is 11.3. The highest BCUT2D eigenvalue weighted by Crippen LogP contribution is 1.94. The lowest BCUT2D eigenvalue weighted by Gasteiger charge is -2.13. The molecule has 0 fully saturated rings. The van der Waals surface area contributed by atoms with Crippen LogP contribution in [-0.4, -0.2) is 36.8 Å². The third kappa shape index (κ3) is 9.69. The molecule has 0 aliphatic carbocycles. The largest absolute Gasteiger partial charge is 0.396 e. The lowest BCUT2D eigenvalue weighted by Crippen LogP contribution is -2.39. The lowest BCUT2D eigenvalue weighted by molar-refractivity contribution is -0.120. The van der Waals surface area contributed by atoms with E-state index >= 15 is 0 Å². The van der Waals surface area contributed by atoms with Crippen molar-refractivity contribution in [3.8, 4) is 0 Å². The fourth-order valence-electron chi connectivity index (χ4n) is 1.15. The summed E-state index contributed by atoms with van der Waals surface area (Å²) in [5.41, 5.74) is 0. The molecule has 90 valence electrons. The molecule has 0 bridgehead atoms. The molecule has 0 rings (SSSR count). The van der Waals surface area contributed by atoms with Crippen molar-refractivity contribution in [3.05, 3.63) is 0 Å². The van der Waals surface area contributed by atoms with E-state index in [0.717, 1.165) is 19.4 Å². The molecule has 0 aliphatic heterocycles. The average Bonchev–Trinajstić information content (AvgIpc) is 2.20. The number of aliphatic hydroxyl groups is 1. The minimum Gasteiger partial charge on any atom is -0.396 e. The van der Waals surface area contributed by atoms with Crippen LogP contribution in [0.15, 0.2) is 0 Å². The molecule has 1 atom stereocenters. The van der Waals surface area contributed by atoms with Crippen molar-refractivity contribution >= 4 is 5.91 Å². The molecule has 0 aliphatic rings. The molecule has 0 aromatic heterocycles. The summed E-state index contributed by atoms with van der Waals surface area (Å²) in [6, 6.07) is 0.280. The van der Waals surface area contributed by atoms with Crippen LogP contribution in [-0.2, 0) is 4.79 Å². The first-order chi connectivity index (χ1) is 7.06. The SMILES string of the molecule is CC(C)CNC(=O)CNC(C)CCCO. The smallest absolute Gasteiger partial charge is 0.233 e. The maximum absolute atomic E-state index is 11.3. The number of hydrogen-bond donors (Lipinski definition) is 3. The zero-order valence-electron chi connectivity index (χ0n) is 10.0. The number of carbonyl (C=O) groups excluding carboxylic acids is 1. The number of amides is 1. The van der Waals surface area contributed by atoms with Gasteiger partial charge in [0.25, 0.3) is 0 Å². The monoisotopic (exact) mass is 216 g/mol. The molecular formula is C11H24N2O2. The van der Waals surface area contributed by atoms with E-state index in [1.807, 2.05) is 6.92 Å². The van der Waals surface area contributed by atoms with Gasteiger partial charge in [0.2, 0.25) is 5.91 Å². The molecule has 15 heavy (non-hydrogen) atoms. The molecule has 0 radical (unpaired) electrons. The van der Waals surface area contributed by atoms with E-state index in [-0.39, 0.29) is 18.6 Å². The number of rotatable bonds is 8. The Morgan fingerprint density at radius 2 is 2.00 bits per heavy atom. The molecule has 0 aromatic rings. The summed E-state index contributed by atoms with van der Waals surface area (Å²) in [6.45, 7) is 7.46. The van der Waals surface area contributed by atoms with Crippen LogP contribution in [0.25, 0.3) is 0 Å². The minimum atomic E-state index is 0.0412. The molecule has 0 aromatic carbocycles. The van der Waals surface area contributed by atoms with Crippen molar-refractivity contribution in [2.45, 2.75) is 39.7 Å². The molecule has 0 heterocycles. The maximum atomic E-state index is 11.3. The fraction of sp³-hybridized carbons (Fsp3) is 0.909. The van der Waals surface area contributed by atoms with Crippen molar-refractivity contribution < 1.29 is 9.90 Å². The standard InChI is InChI=1S/C11H24N2O2/c1-9(2)7-13-11(15)8-12-10(3)5-4-6-14/h9-10,12,14H,4-8H2,1-3H3,(H,13,15). The van der Waals surface area contributed by atoms with Crippen molar-refractivity contribution in [3.63, 3.8) is 0 Å². The highest BCUT2D eigenvalue weighted by molar-refractivity contribution is 5.77. The van der Waals surface area contributed by atoms with Gasteiger partial charge in [0.05, 0.1) is 6.54 Å². The second-order valence-corrected chi connectivity index (χ2v) is 4.35. The first kappa shape index (κ1) is 14.4. The van der Waals surface area contributed by atoms with Gasteiger partial charge in [-0.3, -0.25) is 4.79 Å². The van der Waals surface area contributed by atoms with Crippen LogP contribution in [0.3, 0.4) is 0 Å². The van der Waals surface area contributed by atoms with Gasteiger partial charge >= 0.3 is 0 Å². The Balaban J connectivity index is 3.44. The molecule has 0 saturated carbocycles. The molecule has 1 unspecified atom stereocenters. The molecule has 4 heteroatoms. The highest BCUT2D eigenvalue weighted by Gasteiger charge is 2.05. The first-order valence-corrected chi connectivity index (χ1v) is 5.67. The topological polar surface area (TPSA) is 61.4 Å². The summed E-state index contributed by atoms with van der Waals surface area (Å²) < 4.78 is 0. The summed E-state index contributed by atoms with van der Waals surface area (Å²) in [5.74, 6) is 0.528. The van der Waals surface area contributed by atoms with Crippen LogP contribution in [0, 0.1) is 5.92 Å². The number of hydrogen-bond acceptors (Lipinski definition) is 3. The zero-order chi connectivity index (χ0) is 11.7. The lowest BCUT2D eigenvalue weighted by atomic mass is 10.2.